The van der Waals surface area contributed by atoms with Crippen molar-refractivity contribution < 1.29 is 13.6 Å². The molecule has 2 aromatic heterocycles. The number of aromatic nitrogens is 1. The van der Waals surface area contributed by atoms with Crippen LogP contribution in [0.4, 0.5) is 10.1 Å². The van der Waals surface area contributed by atoms with Gasteiger partial charge in [-0.2, -0.15) is 0 Å². The van der Waals surface area contributed by atoms with E-state index >= 15 is 0 Å². The molecule has 2 heterocycles. The highest BCUT2D eigenvalue weighted by Gasteiger charge is 2.09. The maximum Gasteiger partial charge on any atom is 0.234 e. The number of carbonyl (C=O) groups excluding carboxylic acids is 1. The van der Waals surface area contributed by atoms with Gasteiger partial charge in [-0.1, -0.05) is 6.07 Å². The number of nitrogens with one attached hydrogen (secondary N) is 1. The van der Waals surface area contributed by atoms with Crippen LogP contribution in [0, 0.1) is 12.7 Å². The number of thioether (sulfide) groups is 1. The summed E-state index contributed by atoms with van der Waals surface area (Å²) in [7, 11) is 0. The number of rotatable bonds is 6. The number of amides is 1. The van der Waals surface area contributed by atoms with Crippen molar-refractivity contribution in [2.75, 3.05) is 11.1 Å². The van der Waals surface area contributed by atoms with E-state index in [4.69, 9.17) is 4.42 Å². The standard InChI is InChI=1S/C17H15FN2O2S2/c1-11-4-5-12(7-14(11)18)19-16(21)10-23-8-13-9-24-17(20-13)15-3-2-6-22-15/h2-7,9H,8,10H2,1H3,(H,19,21). The first-order valence-electron chi connectivity index (χ1n) is 7.24. The van der Waals surface area contributed by atoms with Gasteiger partial charge >= 0.3 is 0 Å². The maximum absolute atomic E-state index is 13.5. The van der Waals surface area contributed by atoms with E-state index in [9.17, 15) is 9.18 Å². The summed E-state index contributed by atoms with van der Waals surface area (Å²) in [5.74, 6) is 1.17. The number of hydrogen-bond donors (Lipinski definition) is 1. The van der Waals surface area contributed by atoms with Gasteiger partial charge in [0.05, 0.1) is 17.7 Å². The average molecular weight is 362 g/mol. The number of thiazole rings is 1. The summed E-state index contributed by atoms with van der Waals surface area (Å²) in [6.07, 6.45) is 1.61. The van der Waals surface area contributed by atoms with E-state index in [1.54, 1.807) is 25.3 Å². The Morgan fingerprint density at radius 3 is 3.04 bits per heavy atom. The molecule has 0 atom stereocenters. The van der Waals surface area contributed by atoms with E-state index < -0.39 is 0 Å². The molecule has 0 radical (unpaired) electrons. The minimum absolute atomic E-state index is 0.162. The summed E-state index contributed by atoms with van der Waals surface area (Å²) in [6, 6.07) is 8.35. The third kappa shape index (κ3) is 4.24. The lowest BCUT2D eigenvalue weighted by molar-refractivity contribution is -0.113. The van der Waals surface area contributed by atoms with Crippen molar-refractivity contribution in [3.63, 3.8) is 0 Å². The quantitative estimate of drug-likeness (QED) is 0.689. The van der Waals surface area contributed by atoms with Crippen LogP contribution in [0.3, 0.4) is 0 Å². The second-order valence-corrected chi connectivity index (χ2v) is 6.97. The molecule has 0 aliphatic rings. The minimum Gasteiger partial charge on any atom is -0.462 e. The van der Waals surface area contributed by atoms with Crippen LogP contribution in [0.5, 0.6) is 0 Å². The molecule has 7 heteroatoms. The fourth-order valence-electron chi connectivity index (χ4n) is 2.00. The molecule has 24 heavy (non-hydrogen) atoms. The van der Waals surface area contributed by atoms with Gasteiger partial charge < -0.3 is 9.73 Å². The number of halogens is 1. The summed E-state index contributed by atoms with van der Waals surface area (Å²) in [6.45, 7) is 1.68. The predicted octanol–water partition coefficient (Wildman–Crippen LogP) is 4.72. The van der Waals surface area contributed by atoms with Gasteiger partial charge in [0.2, 0.25) is 5.91 Å². The van der Waals surface area contributed by atoms with E-state index in [0.29, 0.717) is 17.0 Å². The van der Waals surface area contributed by atoms with Gasteiger partial charge in [-0.15, -0.1) is 23.1 Å². The Balaban J connectivity index is 1.47. The number of carbonyl (C=O) groups is 1. The predicted molar refractivity (Wildman–Crippen MR) is 95.7 cm³/mol. The number of nitrogens with zero attached hydrogens (tertiary/aromatic N) is 1. The normalized spacial score (nSPS) is 10.8. The van der Waals surface area contributed by atoms with Crippen LogP contribution < -0.4 is 5.32 Å². The second-order valence-electron chi connectivity index (χ2n) is 5.13. The van der Waals surface area contributed by atoms with Gasteiger partial charge in [-0.05, 0) is 36.8 Å². The maximum atomic E-state index is 13.5. The van der Waals surface area contributed by atoms with Crippen LogP contribution in [0.2, 0.25) is 0 Å². The fourth-order valence-corrected chi connectivity index (χ4v) is 3.61. The lowest BCUT2D eigenvalue weighted by Gasteiger charge is -2.06. The van der Waals surface area contributed by atoms with E-state index in [1.165, 1.54) is 29.2 Å². The molecule has 0 aliphatic heterocycles. The third-order valence-corrected chi connectivity index (χ3v) is 5.09. The smallest absolute Gasteiger partial charge is 0.234 e. The van der Waals surface area contributed by atoms with Crippen LogP contribution in [-0.4, -0.2) is 16.6 Å². The largest absolute Gasteiger partial charge is 0.462 e. The molecular formula is C17H15FN2O2S2. The zero-order valence-corrected chi connectivity index (χ0v) is 14.5. The molecule has 1 aromatic carbocycles. The van der Waals surface area contributed by atoms with Crippen LogP contribution in [-0.2, 0) is 10.5 Å². The van der Waals surface area contributed by atoms with Crippen LogP contribution >= 0.6 is 23.1 Å². The van der Waals surface area contributed by atoms with Gasteiger partial charge in [0.25, 0.3) is 0 Å². The Morgan fingerprint density at radius 2 is 2.29 bits per heavy atom. The Hall–Kier alpha value is -2.12. The lowest BCUT2D eigenvalue weighted by Crippen LogP contribution is -2.14. The topological polar surface area (TPSA) is 55.1 Å². The molecule has 1 N–H and O–H groups in total. The fraction of sp³-hybridized carbons (Fsp3) is 0.176. The molecule has 0 fully saturated rings. The highest BCUT2D eigenvalue weighted by Crippen LogP contribution is 2.25. The molecule has 1 amide bonds. The molecule has 0 unspecified atom stereocenters. The first kappa shape index (κ1) is 16.7. The van der Waals surface area contributed by atoms with E-state index in [2.05, 4.69) is 10.3 Å². The molecule has 0 aliphatic carbocycles. The highest BCUT2D eigenvalue weighted by molar-refractivity contribution is 7.99. The van der Waals surface area contributed by atoms with Gasteiger partial charge in [-0.25, -0.2) is 9.37 Å². The van der Waals surface area contributed by atoms with Gasteiger partial charge in [0.15, 0.2) is 10.8 Å². The molecule has 3 aromatic rings. The summed E-state index contributed by atoms with van der Waals surface area (Å²) in [4.78, 5) is 16.4. The van der Waals surface area contributed by atoms with E-state index in [0.717, 1.165) is 16.5 Å². The number of benzene rings is 1. The van der Waals surface area contributed by atoms with Crippen molar-refractivity contribution in [3.8, 4) is 10.8 Å². The first-order chi connectivity index (χ1) is 11.6. The molecule has 124 valence electrons. The van der Waals surface area contributed by atoms with Crippen molar-refractivity contribution in [2.45, 2.75) is 12.7 Å². The molecule has 3 rings (SSSR count). The second kappa shape index (κ2) is 7.63. The number of furan rings is 1. The summed E-state index contributed by atoms with van der Waals surface area (Å²) < 4.78 is 18.8. The van der Waals surface area contributed by atoms with E-state index in [-0.39, 0.29) is 17.5 Å². The molecule has 0 saturated heterocycles. The Labute approximate surface area is 147 Å². The zero-order chi connectivity index (χ0) is 16.9. The van der Waals surface area contributed by atoms with Crippen molar-refractivity contribution in [2.24, 2.45) is 0 Å². The highest BCUT2D eigenvalue weighted by atomic mass is 32.2. The van der Waals surface area contributed by atoms with Crippen molar-refractivity contribution in [1.82, 2.24) is 4.98 Å². The molecule has 0 saturated carbocycles. The van der Waals surface area contributed by atoms with Crippen LogP contribution in [0.1, 0.15) is 11.3 Å². The Kier molecular flexibility index (Phi) is 5.32. The molecule has 0 spiro atoms. The van der Waals surface area contributed by atoms with Crippen molar-refractivity contribution in [1.29, 1.82) is 0 Å². The zero-order valence-electron chi connectivity index (χ0n) is 12.9. The molecule has 4 nitrogen and oxygen atoms in total. The monoisotopic (exact) mass is 362 g/mol. The van der Waals surface area contributed by atoms with Crippen LogP contribution in [0.25, 0.3) is 10.8 Å². The van der Waals surface area contributed by atoms with Gasteiger partial charge in [0, 0.05) is 16.8 Å². The lowest BCUT2D eigenvalue weighted by atomic mass is 10.2. The third-order valence-electron chi connectivity index (χ3n) is 3.22. The molecule has 0 bridgehead atoms. The average Bonchev–Trinajstić information content (AvgIpc) is 3.22. The minimum atomic E-state index is -0.326. The number of hydrogen-bond acceptors (Lipinski definition) is 5. The summed E-state index contributed by atoms with van der Waals surface area (Å²) >= 11 is 2.97. The Bertz CT molecular complexity index is 831. The number of aryl methyl sites for hydroxylation is 1. The Morgan fingerprint density at radius 1 is 1.42 bits per heavy atom. The van der Waals surface area contributed by atoms with Gasteiger partial charge in [-0.3, -0.25) is 4.79 Å². The van der Waals surface area contributed by atoms with Crippen molar-refractivity contribution >= 4 is 34.7 Å². The van der Waals surface area contributed by atoms with E-state index in [1.807, 2.05) is 17.5 Å². The summed E-state index contributed by atoms with van der Waals surface area (Å²) in [5, 5.41) is 5.48. The van der Waals surface area contributed by atoms with Gasteiger partial charge in [0.1, 0.15) is 5.82 Å². The molecular weight excluding hydrogens is 347 g/mol. The summed E-state index contributed by atoms with van der Waals surface area (Å²) in [5.41, 5.74) is 1.93. The van der Waals surface area contributed by atoms with Crippen molar-refractivity contribution in [3.05, 3.63) is 59.0 Å². The van der Waals surface area contributed by atoms with Crippen LogP contribution in [0.15, 0.2) is 46.4 Å². The first-order valence-corrected chi connectivity index (χ1v) is 9.27. The SMILES string of the molecule is Cc1ccc(NC(=O)CSCc2csc(-c3ccco3)n2)cc1F. The number of anilines is 1.